The number of hydrogen-bond donors (Lipinski definition) is 1. The van der Waals surface area contributed by atoms with E-state index in [1.165, 1.54) is 0 Å². The van der Waals surface area contributed by atoms with Crippen molar-refractivity contribution in [2.45, 2.75) is 32.2 Å². The number of rotatable bonds is 4. The van der Waals surface area contributed by atoms with Gasteiger partial charge < -0.3 is 5.11 Å². The van der Waals surface area contributed by atoms with Gasteiger partial charge in [-0.05, 0) is 31.4 Å². The summed E-state index contributed by atoms with van der Waals surface area (Å²) in [5.41, 5.74) is 2.77. The van der Waals surface area contributed by atoms with Crippen molar-refractivity contribution in [2.75, 3.05) is 0 Å². The molecule has 0 aliphatic heterocycles. The molecule has 0 unspecified atom stereocenters. The first-order chi connectivity index (χ1) is 9.16. The number of carboxylic acid groups (broad SMARTS) is 1. The van der Waals surface area contributed by atoms with Crippen molar-refractivity contribution in [1.29, 1.82) is 0 Å². The van der Waals surface area contributed by atoms with E-state index in [4.69, 9.17) is 5.11 Å². The van der Waals surface area contributed by atoms with E-state index in [1.54, 1.807) is 10.9 Å². The average Bonchev–Trinajstić information content (AvgIpc) is 3.13. The largest absolute Gasteiger partial charge is 0.476 e. The number of aromatic nitrogens is 4. The molecule has 2 heterocycles. The van der Waals surface area contributed by atoms with Crippen LogP contribution in [-0.4, -0.2) is 31.1 Å². The Balaban J connectivity index is 1.97. The third kappa shape index (κ3) is 2.21. The third-order valence-corrected chi connectivity index (χ3v) is 3.36. The molecule has 1 aliphatic rings. The van der Waals surface area contributed by atoms with E-state index in [0.29, 0.717) is 6.54 Å². The SMILES string of the molecule is Cc1cccnc1Cn1nnc(C(=O)O)c1C1CC1. The maximum absolute atomic E-state index is 11.2. The van der Waals surface area contributed by atoms with Gasteiger partial charge >= 0.3 is 5.97 Å². The molecule has 0 radical (unpaired) electrons. The molecule has 0 saturated heterocycles. The van der Waals surface area contributed by atoms with E-state index < -0.39 is 5.97 Å². The van der Waals surface area contributed by atoms with Crippen molar-refractivity contribution in [3.05, 3.63) is 41.0 Å². The molecule has 1 N–H and O–H groups in total. The van der Waals surface area contributed by atoms with Crippen LogP contribution in [0.5, 0.6) is 0 Å². The van der Waals surface area contributed by atoms with Crippen molar-refractivity contribution in [3.63, 3.8) is 0 Å². The lowest BCUT2D eigenvalue weighted by Gasteiger charge is -2.07. The van der Waals surface area contributed by atoms with Gasteiger partial charge in [0, 0.05) is 12.1 Å². The predicted molar refractivity (Wildman–Crippen MR) is 67.0 cm³/mol. The van der Waals surface area contributed by atoms with Gasteiger partial charge in [-0.1, -0.05) is 11.3 Å². The highest BCUT2D eigenvalue weighted by Crippen LogP contribution is 2.41. The van der Waals surface area contributed by atoms with Gasteiger partial charge in [0.2, 0.25) is 0 Å². The Morgan fingerprint density at radius 2 is 2.32 bits per heavy atom. The van der Waals surface area contributed by atoms with Crippen molar-refractivity contribution in [1.82, 2.24) is 20.0 Å². The molecule has 98 valence electrons. The fourth-order valence-corrected chi connectivity index (χ4v) is 2.18. The summed E-state index contributed by atoms with van der Waals surface area (Å²) in [6, 6.07) is 3.86. The topological polar surface area (TPSA) is 80.9 Å². The summed E-state index contributed by atoms with van der Waals surface area (Å²) < 4.78 is 1.68. The maximum Gasteiger partial charge on any atom is 0.358 e. The molecule has 19 heavy (non-hydrogen) atoms. The van der Waals surface area contributed by atoms with Gasteiger partial charge in [0.05, 0.1) is 17.9 Å². The molecular weight excluding hydrogens is 244 g/mol. The van der Waals surface area contributed by atoms with Crippen molar-refractivity contribution >= 4 is 5.97 Å². The molecule has 0 spiro atoms. The summed E-state index contributed by atoms with van der Waals surface area (Å²) in [6.45, 7) is 2.45. The van der Waals surface area contributed by atoms with Crippen molar-refractivity contribution < 1.29 is 9.90 Å². The molecule has 0 aromatic carbocycles. The lowest BCUT2D eigenvalue weighted by molar-refractivity contribution is 0.0689. The van der Waals surface area contributed by atoms with Crippen LogP contribution in [0.3, 0.4) is 0 Å². The van der Waals surface area contributed by atoms with E-state index >= 15 is 0 Å². The predicted octanol–water partition coefficient (Wildman–Crippen LogP) is 1.61. The van der Waals surface area contributed by atoms with Crippen LogP contribution in [-0.2, 0) is 6.54 Å². The summed E-state index contributed by atoms with van der Waals surface area (Å²) in [5.74, 6) is -0.726. The Kier molecular flexibility index (Phi) is 2.77. The lowest BCUT2D eigenvalue weighted by atomic mass is 10.2. The fourth-order valence-electron chi connectivity index (χ4n) is 2.18. The smallest absolute Gasteiger partial charge is 0.358 e. The van der Waals surface area contributed by atoms with Crippen LogP contribution in [0, 0.1) is 6.92 Å². The lowest BCUT2D eigenvalue weighted by Crippen LogP contribution is -2.10. The summed E-state index contributed by atoms with van der Waals surface area (Å²) >= 11 is 0. The molecule has 2 aromatic heterocycles. The first-order valence-electron chi connectivity index (χ1n) is 6.24. The van der Waals surface area contributed by atoms with Crippen LogP contribution >= 0.6 is 0 Å². The van der Waals surface area contributed by atoms with Crippen LogP contribution in [0.2, 0.25) is 0 Å². The molecule has 0 atom stereocenters. The van der Waals surface area contributed by atoms with E-state index in [1.807, 2.05) is 19.1 Å². The Bertz CT molecular complexity index is 631. The molecule has 1 saturated carbocycles. The van der Waals surface area contributed by atoms with E-state index in [-0.39, 0.29) is 11.6 Å². The normalized spacial score (nSPS) is 14.6. The highest BCUT2D eigenvalue weighted by Gasteiger charge is 2.33. The van der Waals surface area contributed by atoms with Crippen molar-refractivity contribution in [2.24, 2.45) is 0 Å². The number of nitrogens with zero attached hydrogens (tertiary/aromatic N) is 4. The number of carbonyl (C=O) groups is 1. The Hall–Kier alpha value is -2.24. The molecule has 1 fully saturated rings. The third-order valence-electron chi connectivity index (χ3n) is 3.36. The zero-order valence-electron chi connectivity index (χ0n) is 10.6. The van der Waals surface area contributed by atoms with Crippen molar-refractivity contribution in [3.8, 4) is 0 Å². The minimum atomic E-state index is -1.01. The molecule has 2 aromatic rings. The quantitative estimate of drug-likeness (QED) is 0.901. The van der Waals surface area contributed by atoms with Gasteiger partial charge in [0.1, 0.15) is 0 Å². The number of aryl methyl sites for hydroxylation is 1. The van der Waals surface area contributed by atoms with Gasteiger partial charge in [-0.15, -0.1) is 5.10 Å². The van der Waals surface area contributed by atoms with Gasteiger partial charge in [-0.3, -0.25) is 4.98 Å². The first-order valence-corrected chi connectivity index (χ1v) is 6.24. The maximum atomic E-state index is 11.2. The second-order valence-electron chi connectivity index (χ2n) is 4.83. The van der Waals surface area contributed by atoms with Crippen LogP contribution in [0.25, 0.3) is 0 Å². The Morgan fingerprint density at radius 1 is 1.53 bits per heavy atom. The van der Waals surface area contributed by atoms with Crippen LogP contribution in [0.1, 0.15) is 46.2 Å². The monoisotopic (exact) mass is 258 g/mol. The van der Waals surface area contributed by atoms with E-state index in [0.717, 1.165) is 29.8 Å². The molecule has 3 rings (SSSR count). The second-order valence-corrected chi connectivity index (χ2v) is 4.83. The summed E-state index contributed by atoms with van der Waals surface area (Å²) in [5, 5.41) is 16.9. The van der Waals surface area contributed by atoms with Gasteiger partial charge in [-0.25, -0.2) is 9.48 Å². The summed E-state index contributed by atoms with van der Waals surface area (Å²) in [6.07, 6.45) is 3.75. The minimum absolute atomic E-state index is 0.0797. The zero-order valence-corrected chi connectivity index (χ0v) is 10.6. The summed E-state index contributed by atoms with van der Waals surface area (Å²) in [4.78, 5) is 15.5. The Morgan fingerprint density at radius 3 is 2.95 bits per heavy atom. The summed E-state index contributed by atoms with van der Waals surface area (Å²) in [7, 11) is 0. The van der Waals surface area contributed by atoms with Crippen LogP contribution < -0.4 is 0 Å². The number of pyridine rings is 1. The number of carboxylic acids is 1. The van der Waals surface area contributed by atoms with E-state index in [2.05, 4.69) is 15.3 Å². The molecule has 6 heteroatoms. The molecular formula is C13H14N4O2. The average molecular weight is 258 g/mol. The molecule has 0 amide bonds. The number of hydrogen-bond acceptors (Lipinski definition) is 4. The molecule has 0 bridgehead atoms. The molecule has 6 nitrogen and oxygen atoms in total. The van der Waals surface area contributed by atoms with Crippen LogP contribution in [0.4, 0.5) is 0 Å². The highest BCUT2D eigenvalue weighted by atomic mass is 16.4. The highest BCUT2D eigenvalue weighted by molar-refractivity contribution is 5.86. The van der Waals surface area contributed by atoms with Gasteiger partial charge in [0.15, 0.2) is 5.69 Å². The first kappa shape index (κ1) is 11.8. The second kappa shape index (κ2) is 4.46. The van der Waals surface area contributed by atoms with E-state index in [9.17, 15) is 4.79 Å². The number of aromatic carboxylic acids is 1. The Labute approximate surface area is 110 Å². The van der Waals surface area contributed by atoms with Gasteiger partial charge in [0.25, 0.3) is 0 Å². The fraction of sp³-hybridized carbons (Fsp3) is 0.385. The zero-order chi connectivity index (χ0) is 13.4. The van der Waals surface area contributed by atoms with Gasteiger partial charge in [-0.2, -0.15) is 0 Å². The standard InChI is InChI=1S/C13H14N4O2/c1-8-3-2-6-14-10(8)7-17-12(9-4-5-9)11(13(18)19)15-16-17/h2-3,6,9H,4-5,7H2,1H3,(H,18,19). The van der Waals surface area contributed by atoms with Crippen LogP contribution in [0.15, 0.2) is 18.3 Å². The molecule has 1 aliphatic carbocycles. The minimum Gasteiger partial charge on any atom is -0.476 e.